The number of carbonyl (C=O) groups excluding carboxylic acids is 1. The molecule has 0 amide bonds. The first-order valence-electron chi connectivity index (χ1n) is 6.99. The van der Waals surface area contributed by atoms with Gasteiger partial charge in [0.1, 0.15) is 5.00 Å². The highest BCUT2D eigenvalue weighted by molar-refractivity contribution is 7.16. The van der Waals surface area contributed by atoms with Gasteiger partial charge in [0.2, 0.25) is 0 Å². The van der Waals surface area contributed by atoms with Crippen molar-refractivity contribution in [2.45, 2.75) is 20.8 Å². The predicted molar refractivity (Wildman–Crippen MR) is 90.1 cm³/mol. The number of carbonyl (C=O) groups is 1. The Bertz CT molecular complexity index is 763. The summed E-state index contributed by atoms with van der Waals surface area (Å²) in [6.45, 7) is 5.85. The summed E-state index contributed by atoms with van der Waals surface area (Å²) in [5.41, 5.74) is 2.09. The van der Waals surface area contributed by atoms with Crippen LogP contribution >= 0.6 is 11.3 Å². The molecule has 0 bridgehead atoms. The fourth-order valence-corrected chi connectivity index (χ4v) is 2.95. The summed E-state index contributed by atoms with van der Waals surface area (Å²) in [6, 6.07) is 6.05. The minimum absolute atomic E-state index is 0.0252. The standard InChI is InChI=1S/C16H16N2O4S/c1-4-22-16(19)14-10(2)11(3)23-15(14)17-9-12-5-7-13(8-6-12)18(20)21/h5-9H,4H2,1-3H3/b17-9+. The summed E-state index contributed by atoms with van der Waals surface area (Å²) in [5.74, 6) is -0.384. The van der Waals surface area contributed by atoms with Crippen LogP contribution in [0.1, 0.15) is 33.3 Å². The zero-order chi connectivity index (χ0) is 17.0. The van der Waals surface area contributed by atoms with E-state index in [0.717, 1.165) is 10.4 Å². The molecule has 0 saturated carbocycles. The highest BCUT2D eigenvalue weighted by atomic mass is 32.1. The Labute approximate surface area is 137 Å². The van der Waals surface area contributed by atoms with Gasteiger partial charge in [-0.25, -0.2) is 9.79 Å². The molecule has 1 aromatic carbocycles. The van der Waals surface area contributed by atoms with E-state index in [1.165, 1.54) is 23.5 Å². The molecule has 0 spiro atoms. The maximum atomic E-state index is 12.1. The SMILES string of the molecule is CCOC(=O)c1c(/N=C/c2ccc([N+](=O)[O-])cc2)sc(C)c1C. The lowest BCUT2D eigenvalue weighted by Gasteiger charge is -2.02. The van der Waals surface area contributed by atoms with Gasteiger partial charge in [-0.05, 0) is 44.0 Å². The van der Waals surface area contributed by atoms with Gasteiger partial charge < -0.3 is 4.74 Å². The second kappa shape index (κ2) is 7.15. The molecule has 0 fully saturated rings. The molecule has 0 N–H and O–H groups in total. The van der Waals surface area contributed by atoms with Crippen LogP contribution in [0.4, 0.5) is 10.7 Å². The summed E-state index contributed by atoms with van der Waals surface area (Å²) >= 11 is 1.42. The first-order valence-corrected chi connectivity index (χ1v) is 7.81. The van der Waals surface area contributed by atoms with Gasteiger partial charge in [-0.1, -0.05) is 0 Å². The van der Waals surface area contributed by atoms with Crippen LogP contribution in [-0.2, 0) is 4.74 Å². The smallest absolute Gasteiger partial charge is 0.341 e. The summed E-state index contributed by atoms with van der Waals surface area (Å²) in [7, 11) is 0. The monoisotopic (exact) mass is 332 g/mol. The molecule has 0 aliphatic carbocycles. The second-order valence-electron chi connectivity index (χ2n) is 4.79. The molecule has 0 saturated heterocycles. The van der Waals surface area contributed by atoms with E-state index in [1.54, 1.807) is 25.3 Å². The number of aliphatic imine (C=N–C) groups is 1. The van der Waals surface area contributed by atoms with E-state index in [9.17, 15) is 14.9 Å². The summed E-state index contributed by atoms with van der Waals surface area (Å²) < 4.78 is 5.08. The highest BCUT2D eigenvalue weighted by Crippen LogP contribution is 2.35. The zero-order valence-corrected chi connectivity index (χ0v) is 13.8. The number of esters is 1. The molecule has 23 heavy (non-hydrogen) atoms. The average molecular weight is 332 g/mol. The number of thiophene rings is 1. The Kier molecular flexibility index (Phi) is 5.23. The number of hydrogen-bond acceptors (Lipinski definition) is 6. The van der Waals surface area contributed by atoms with Crippen molar-refractivity contribution >= 4 is 34.2 Å². The molecule has 1 aromatic heterocycles. The van der Waals surface area contributed by atoms with E-state index in [-0.39, 0.29) is 11.7 Å². The minimum Gasteiger partial charge on any atom is -0.462 e. The maximum Gasteiger partial charge on any atom is 0.341 e. The van der Waals surface area contributed by atoms with Crippen LogP contribution in [0.25, 0.3) is 0 Å². The molecule has 0 radical (unpaired) electrons. The topological polar surface area (TPSA) is 81.8 Å². The molecule has 2 rings (SSSR count). The third kappa shape index (κ3) is 3.81. The lowest BCUT2D eigenvalue weighted by atomic mass is 10.1. The molecule has 0 aliphatic rings. The van der Waals surface area contributed by atoms with Crippen molar-refractivity contribution in [1.29, 1.82) is 0 Å². The molecule has 0 unspecified atom stereocenters. The molecule has 1 heterocycles. The maximum absolute atomic E-state index is 12.1. The van der Waals surface area contributed by atoms with Crippen molar-refractivity contribution in [2.24, 2.45) is 4.99 Å². The Balaban J connectivity index is 2.30. The normalized spacial score (nSPS) is 10.9. The zero-order valence-electron chi connectivity index (χ0n) is 13.0. The van der Waals surface area contributed by atoms with Crippen molar-refractivity contribution < 1.29 is 14.5 Å². The third-order valence-electron chi connectivity index (χ3n) is 3.28. The number of aryl methyl sites for hydroxylation is 1. The lowest BCUT2D eigenvalue weighted by molar-refractivity contribution is -0.384. The van der Waals surface area contributed by atoms with Gasteiger partial charge in [0, 0.05) is 23.2 Å². The number of non-ortho nitro benzene ring substituents is 1. The molecular weight excluding hydrogens is 316 g/mol. The van der Waals surface area contributed by atoms with Gasteiger partial charge in [0.25, 0.3) is 5.69 Å². The highest BCUT2D eigenvalue weighted by Gasteiger charge is 2.20. The van der Waals surface area contributed by atoms with Gasteiger partial charge in [-0.2, -0.15) is 0 Å². The van der Waals surface area contributed by atoms with Gasteiger partial charge in [0.05, 0.1) is 17.1 Å². The van der Waals surface area contributed by atoms with Crippen molar-refractivity contribution in [3.8, 4) is 0 Å². The first kappa shape index (κ1) is 16.8. The molecule has 2 aromatic rings. The molecule has 0 aliphatic heterocycles. The van der Waals surface area contributed by atoms with E-state index in [2.05, 4.69) is 4.99 Å². The quantitative estimate of drug-likeness (QED) is 0.355. The minimum atomic E-state index is -0.453. The number of rotatable bonds is 5. The number of benzene rings is 1. The summed E-state index contributed by atoms with van der Waals surface area (Å²) in [5, 5.41) is 11.2. The number of nitro groups is 1. The Morgan fingerprint density at radius 2 is 2.00 bits per heavy atom. The number of nitrogens with zero attached hydrogens (tertiary/aromatic N) is 2. The van der Waals surface area contributed by atoms with Crippen LogP contribution in [0.15, 0.2) is 29.3 Å². The Morgan fingerprint density at radius 3 is 2.57 bits per heavy atom. The van der Waals surface area contributed by atoms with Gasteiger partial charge in [0.15, 0.2) is 0 Å². The van der Waals surface area contributed by atoms with Crippen LogP contribution in [-0.4, -0.2) is 23.7 Å². The van der Waals surface area contributed by atoms with Crippen LogP contribution < -0.4 is 0 Å². The van der Waals surface area contributed by atoms with Crippen molar-refractivity contribution in [3.63, 3.8) is 0 Å². The van der Waals surface area contributed by atoms with E-state index >= 15 is 0 Å². The second-order valence-corrected chi connectivity index (χ2v) is 5.99. The van der Waals surface area contributed by atoms with E-state index in [4.69, 9.17) is 4.74 Å². The van der Waals surface area contributed by atoms with Crippen molar-refractivity contribution in [2.75, 3.05) is 6.61 Å². The molecule has 6 nitrogen and oxygen atoms in total. The summed E-state index contributed by atoms with van der Waals surface area (Å²) in [6.07, 6.45) is 1.58. The largest absolute Gasteiger partial charge is 0.462 e. The fourth-order valence-electron chi connectivity index (χ4n) is 1.96. The molecular formula is C16H16N2O4S. The lowest BCUT2D eigenvalue weighted by Crippen LogP contribution is -2.05. The molecule has 0 atom stereocenters. The van der Waals surface area contributed by atoms with Crippen LogP contribution in [0.2, 0.25) is 0 Å². The predicted octanol–water partition coefficient (Wildman–Crippen LogP) is 4.20. The number of ether oxygens (including phenoxy) is 1. The number of hydrogen-bond donors (Lipinski definition) is 0. The van der Waals surface area contributed by atoms with E-state index in [0.29, 0.717) is 22.7 Å². The molecule has 7 heteroatoms. The van der Waals surface area contributed by atoms with Gasteiger partial charge in [-0.15, -0.1) is 11.3 Å². The van der Waals surface area contributed by atoms with Crippen LogP contribution in [0, 0.1) is 24.0 Å². The van der Waals surface area contributed by atoms with E-state index in [1.807, 2.05) is 13.8 Å². The van der Waals surface area contributed by atoms with E-state index < -0.39 is 4.92 Å². The Hall–Kier alpha value is -2.54. The third-order valence-corrected chi connectivity index (χ3v) is 4.40. The van der Waals surface area contributed by atoms with Crippen LogP contribution in [0.5, 0.6) is 0 Å². The van der Waals surface area contributed by atoms with Crippen molar-refractivity contribution in [3.05, 3.63) is 55.9 Å². The molecule has 120 valence electrons. The Morgan fingerprint density at radius 1 is 1.35 bits per heavy atom. The van der Waals surface area contributed by atoms with Gasteiger partial charge in [-0.3, -0.25) is 10.1 Å². The van der Waals surface area contributed by atoms with Gasteiger partial charge >= 0.3 is 5.97 Å². The van der Waals surface area contributed by atoms with Crippen molar-refractivity contribution in [1.82, 2.24) is 0 Å². The first-order chi connectivity index (χ1) is 10.9. The summed E-state index contributed by atoms with van der Waals surface area (Å²) in [4.78, 5) is 27.6. The number of nitro benzene ring substituents is 1. The van der Waals surface area contributed by atoms with Crippen LogP contribution in [0.3, 0.4) is 0 Å². The average Bonchev–Trinajstić information content (AvgIpc) is 2.80. The fraction of sp³-hybridized carbons (Fsp3) is 0.250.